The molecule has 0 saturated heterocycles. The highest BCUT2D eigenvalue weighted by Crippen LogP contribution is 2.31. The van der Waals surface area contributed by atoms with Crippen molar-refractivity contribution in [3.63, 3.8) is 0 Å². The molecule has 3 N–H and O–H groups in total. The van der Waals surface area contributed by atoms with Crippen LogP contribution in [0, 0.1) is 6.92 Å². The number of carbonyl (C=O) groups is 2. The van der Waals surface area contributed by atoms with Crippen molar-refractivity contribution >= 4 is 45.2 Å². The van der Waals surface area contributed by atoms with Gasteiger partial charge in [-0.3, -0.25) is 9.59 Å². The van der Waals surface area contributed by atoms with Gasteiger partial charge in [0.25, 0.3) is 5.56 Å². The number of ether oxygens (including phenoxy) is 1. The highest BCUT2D eigenvalue weighted by Gasteiger charge is 2.26. The molecule has 0 aliphatic heterocycles. The average molecular weight is 453 g/mol. The Kier molecular flexibility index (Phi) is 7.41. The molecule has 1 saturated carbocycles. The van der Waals surface area contributed by atoms with Crippen LogP contribution in [-0.4, -0.2) is 39.4 Å². The maximum atomic E-state index is 12.9. The van der Waals surface area contributed by atoms with Crippen molar-refractivity contribution in [2.45, 2.75) is 75.7 Å². The van der Waals surface area contributed by atoms with Gasteiger partial charge in [-0.25, -0.2) is 14.5 Å². The number of nitrogens with zero attached hydrogens (tertiary/aromatic N) is 2. The molecule has 0 unspecified atom stereocenters. The largest absolute Gasteiger partial charge is 0.462 e. The summed E-state index contributed by atoms with van der Waals surface area (Å²) in [6.07, 6.45) is 6.07. The molecule has 1 aliphatic carbocycles. The molecule has 2 aromatic rings. The lowest BCUT2D eigenvalue weighted by Crippen LogP contribution is -2.41. The van der Waals surface area contributed by atoms with Crippen molar-refractivity contribution in [1.82, 2.24) is 15.0 Å². The van der Waals surface area contributed by atoms with Crippen LogP contribution in [-0.2, 0) is 9.53 Å². The van der Waals surface area contributed by atoms with E-state index in [0.717, 1.165) is 41.7 Å². The predicted molar refractivity (Wildman–Crippen MR) is 120 cm³/mol. The second-order valence-corrected chi connectivity index (χ2v) is 9.55. The normalized spacial score (nSPS) is 15.8. The summed E-state index contributed by atoms with van der Waals surface area (Å²) in [4.78, 5) is 43.1. The number of esters is 1. The van der Waals surface area contributed by atoms with E-state index in [1.54, 1.807) is 13.8 Å². The third kappa shape index (κ3) is 4.64. The lowest BCUT2D eigenvalue weighted by Gasteiger charge is -2.25. The summed E-state index contributed by atoms with van der Waals surface area (Å²) in [5.74, 6) is 5.49. The Bertz CT molecular complexity index is 995. The topological polar surface area (TPSA) is 116 Å². The third-order valence-corrected chi connectivity index (χ3v) is 7.78. The molecule has 0 bridgehead atoms. The van der Waals surface area contributed by atoms with Crippen molar-refractivity contribution < 1.29 is 14.3 Å². The predicted octanol–water partition coefficient (Wildman–Crippen LogP) is 2.98. The van der Waals surface area contributed by atoms with Gasteiger partial charge in [0, 0.05) is 6.04 Å². The van der Waals surface area contributed by atoms with Crippen molar-refractivity contribution in [2.24, 2.45) is 0 Å². The minimum absolute atomic E-state index is 0.0571. The Balaban J connectivity index is 1.87. The van der Waals surface area contributed by atoms with Crippen LogP contribution in [0.15, 0.2) is 9.95 Å². The molecule has 164 valence electrons. The third-order valence-electron chi connectivity index (χ3n) is 5.29. The maximum Gasteiger partial charge on any atom is 0.348 e. The summed E-state index contributed by atoms with van der Waals surface area (Å²) in [7, 11) is 0. The van der Waals surface area contributed by atoms with Crippen LogP contribution < -0.4 is 16.7 Å². The van der Waals surface area contributed by atoms with Gasteiger partial charge in [-0.15, -0.1) is 11.3 Å². The van der Waals surface area contributed by atoms with Crippen LogP contribution in [0.1, 0.15) is 67.6 Å². The molecular formula is C20H28N4O4S2. The smallest absolute Gasteiger partial charge is 0.348 e. The fraction of sp³-hybridized carbons (Fsp3) is 0.600. The number of carbonyl (C=O) groups excluding carboxylic acids is 2. The van der Waals surface area contributed by atoms with E-state index in [1.165, 1.54) is 18.2 Å². The van der Waals surface area contributed by atoms with Gasteiger partial charge in [-0.1, -0.05) is 37.9 Å². The molecule has 2 heterocycles. The molecule has 0 radical (unpaired) electrons. The van der Waals surface area contributed by atoms with Crippen LogP contribution >= 0.6 is 23.1 Å². The highest BCUT2D eigenvalue weighted by atomic mass is 32.2. The fourth-order valence-corrected chi connectivity index (χ4v) is 5.70. The van der Waals surface area contributed by atoms with E-state index in [0.29, 0.717) is 27.1 Å². The van der Waals surface area contributed by atoms with Gasteiger partial charge in [0.1, 0.15) is 9.71 Å². The number of nitrogens with two attached hydrogens (primary N) is 1. The van der Waals surface area contributed by atoms with Crippen molar-refractivity contribution in [2.75, 3.05) is 12.4 Å². The monoisotopic (exact) mass is 452 g/mol. The Hall–Kier alpha value is -2.07. The first kappa shape index (κ1) is 22.6. The van der Waals surface area contributed by atoms with E-state index < -0.39 is 16.8 Å². The van der Waals surface area contributed by atoms with Crippen molar-refractivity contribution in [1.29, 1.82) is 0 Å². The van der Waals surface area contributed by atoms with Gasteiger partial charge in [-0.05, 0) is 38.7 Å². The number of nitrogens with one attached hydrogen (secondary N) is 1. The zero-order chi connectivity index (χ0) is 21.8. The summed E-state index contributed by atoms with van der Waals surface area (Å²) in [6.45, 7) is 5.58. The van der Waals surface area contributed by atoms with E-state index in [4.69, 9.17) is 10.6 Å². The van der Waals surface area contributed by atoms with Gasteiger partial charge in [0.2, 0.25) is 5.91 Å². The molecule has 30 heavy (non-hydrogen) atoms. The van der Waals surface area contributed by atoms with E-state index in [9.17, 15) is 14.4 Å². The van der Waals surface area contributed by atoms with Gasteiger partial charge in [0.05, 0.1) is 17.2 Å². The number of hydrogen-bond acceptors (Lipinski definition) is 8. The highest BCUT2D eigenvalue weighted by molar-refractivity contribution is 8.00. The standard InChI is InChI=1S/C20H28N4O4S2/c1-4-13(16(25)22-12-9-7-6-8-10-12)29-20-23-17-14(18(26)24(20)21)11(3)15(30-17)19(27)28-5-2/h12-13H,4-10,21H2,1-3H3,(H,22,25)/t13-/m0/s1. The van der Waals surface area contributed by atoms with Gasteiger partial charge in [0.15, 0.2) is 5.16 Å². The molecule has 8 nitrogen and oxygen atoms in total. The molecule has 3 rings (SSSR count). The Labute approximate surface area is 183 Å². The second kappa shape index (κ2) is 9.82. The lowest BCUT2D eigenvalue weighted by atomic mass is 9.95. The molecule has 1 atom stereocenters. The summed E-state index contributed by atoms with van der Waals surface area (Å²) in [5, 5.41) is 3.30. The number of amides is 1. The summed E-state index contributed by atoms with van der Waals surface area (Å²) in [6, 6.07) is 0.212. The lowest BCUT2D eigenvalue weighted by molar-refractivity contribution is -0.121. The maximum absolute atomic E-state index is 12.9. The van der Waals surface area contributed by atoms with E-state index in [-0.39, 0.29) is 23.7 Å². The van der Waals surface area contributed by atoms with Crippen molar-refractivity contribution in [3.8, 4) is 0 Å². The van der Waals surface area contributed by atoms with Gasteiger partial charge in [-0.2, -0.15) is 0 Å². The minimum Gasteiger partial charge on any atom is -0.462 e. The molecule has 0 aromatic carbocycles. The van der Waals surface area contributed by atoms with E-state index in [2.05, 4.69) is 10.3 Å². The Morgan fingerprint density at radius 1 is 1.33 bits per heavy atom. The summed E-state index contributed by atoms with van der Waals surface area (Å²) >= 11 is 2.29. The number of nitrogen functional groups attached to an aromatic ring is 1. The zero-order valence-corrected chi connectivity index (χ0v) is 19.2. The number of hydrogen-bond donors (Lipinski definition) is 2. The quantitative estimate of drug-likeness (QED) is 0.287. The molecule has 0 spiro atoms. The van der Waals surface area contributed by atoms with Gasteiger partial charge < -0.3 is 15.9 Å². The molecule has 1 aliphatic rings. The summed E-state index contributed by atoms with van der Waals surface area (Å²) in [5.41, 5.74) is 0.0816. The second-order valence-electron chi connectivity index (χ2n) is 7.38. The number of thioether (sulfide) groups is 1. The molecule has 1 fully saturated rings. The number of fused-ring (bicyclic) bond motifs is 1. The molecule has 1 amide bonds. The molecular weight excluding hydrogens is 424 g/mol. The molecule has 10 heteroatoms. The van der Waals surface area contributed by atoms with Crippen LogP contribution in [0.25, 0.3) is 10.2 Å². The van der Waals surface area contributed by atoms with Gasteiger partial charge >= 0.3 is 5.97 Å². The zero-order valence-electron chi connectivity index (χ0n) is 17.5. The van der Waals surface area contributed by atoms with E-state index >= 15 is 0 Å². The number of aromatic nitrogens is 2. The van der Waals surface area contributed by atoms with Crippen LogP contribution in [0.3, 0.4) is 0 Å². The van der Waals surface area contributed by atoms with Crippen molar-refractivity contribution in [3.05, 3.63) is 20.8 Å². The first-order valence-electron chi connectivity index (χ1n) is 10.3. The number of thiophene rings is 1. The van der Waals surface area contributed by atoms with Crippen LogP contribution in [0.5, 0.6) is 0 Å². The Morgan fingerprint density at radius 2 is 2.03 bits per heavy atom. The first-order valence-corrected chi connectivity index (χ1v) is 12.0. The first-order chi connectivity index (χ1) is 14.4. The van der Waals surface area contributed by atoms with Crippen LogP contribution in [0.4, 0.5) is 0 Å². The fourth-order valence-electron chi connectivity index (χ4n) is 3.64. The number of aryl methyl sites for hydroxylation is 1. The summed E-state index contributed by atoms with van der Waals surface area (Å²) < 4.78 is 6.04. The minimum atomic E-state index is -0.478. The average Bonchev–Trinajstić information content (AvgIpc) is 3.06. The SMILES string of the molecule is CCOC(=O)c1sc2nc(S[C@@H](CC)C(=O)NC3CCCCC3)n(N)c(=O)c2c1C. The van der Waals surface area contributed by atoms with Crippen LogP contribution in [0.2, 0.25) is 0 Å². The van der Waals surface area contributed by atoms with E-state index in [1.807, 2.05) is 6.92 Å². The molecule has 2 aromatic heterocycles. The Morgan fingerprint density at radius 3 is 2.67 bits per heavy atom. The number of rotatable bonds is 7.